The molecule has 4 atom stereocenters. The van der Waals surface area contributed by atoms with E-state index in [-0.39, 0.29) is 29.7 Å². The van der Waals surface area contributed by atoms with Crippen molar-refractivity contribution in [2.45, 2.75) is 24.5 Å². The number of amides is 2. The Labute approximate surface area is 234 Å². The number of nitrogens with two attached hydrogens (primary N) is 1. The van der Waals surface area contributed by atoms with Crippen LogP contribution in [0.25, 0.3) is 16.9 Å². The van der Waals surface area contributed by atoms with Gasteiger partial charge in [0.1, 0.15) is 22.8 Å². The first-order valence-electron chi connectivity index (χ1n) is 12.8. The fraction of sp³-hybridized carbons (Fsp3) is 0.310. The fourth-order valence-corrected chi connectivity index (χ4v) is 6.42. The molecular weight excluding hydrogens is 534 g/mol. The zero-order valence-corrected chi connectivity index (χ0v) is 22.5. The Hall–Kier alpha value is -4.68. The normalized spacial score (nSPS) is 25.4. The molecule has 0 saturated heterocycles. The number of ether oxygens (including phenoxy) is 1. The van der Waals surface area contributed by atoms with Gasteiger partial charge in [-0.15, -0.1) is 0 Å². The smallest absolute Gasteiger partial charge is 0.411 e. The Morgan fingerprint density at radius 3 is 2.32 bits per heavy atom. The van der Waals surface area contributed by atoms with Crippen LogP contribution in [-0.2, 0) is 25.5 Å². The average molecular weight is 564 g/mol. The molecule has 0 spiro atoms. The minimum atomic E-state index is -2.69. The van der Waals surface area contributed by atoms with E-state index in [1.807, 2.05) is 0 Å². The third-order valence-electron chi connectivity index (χ3n) is 8.23. The van der Waals surface area contributed by atoms with Gasteiger partial charge in [0.05, 0.1) is 18.7 Å². The summed E-state index contributed by atoms with van der Waals surface area (Å²) in [5.41, 5.74) is 3.92. The summed E-state index contributed by atoms with van der Waals surface area (Å²) in [5.74, 6) is -7.03. The molecule has 12 nitrogen and oxygen atoms in total. The number of nitrogens with one attached hydrogen (secondary N) is 1. The minimum absolute atomic E-state index is 0.00412. The molecule has 12 heteroatoms. The number of hydrogen-bond acceptors (Lipinski definition) is 10. The topological polar surface area (TPSA) is 200 Å². The summed E-state index contributed by atoms with van der Waals surface area (Å²) in [7, 11) is 4.33. The van der Waals surface area contributed by atoms with Crippen molar-refractivity contribution in [2.75, 3.05) is 26.5 Å². The number of carbonyl (C=O) groups is 4. The van der Waals surface area contributed by atoms with E-state index < -0.39 is 64.1 Å². The van der Waals surface area contributed by atoms with Gasteiger partial charge in [0.25, 0.3) is 5.91 Å². The van der Waals surface area contributed by atoms with Gasteiger partial charge in [-0.05, 0) is 67.7 Å². The van der Waals surface area contributed by atoms with E-state index in [1.54, 1.807) is 44.4 Å². The molecule has 2 aromatic carbocycles. The molecule has 3 aliphatic rings. The zero-order chi connectivity index (χ0) is 30.0. The maximum Gasteiger partial charge on any atom is 0.411 e. The van der Waals surface area contributed by atoms with E-state index in [9.17, 15) is 39.6 Å². The lowest BCUT2D eigenvalue weighted by molar-refractivity contribution is -0.153. The van der Waals surface area contributed by atoms with E-state index in [0.717, 1.165) is 0 Å². The number of phenols is 1. The first kappa shape index (κ1) is 27.9. The van der Waals surface area contributed by atoms with Crippen LogP contribution in [0.1, 0.15) is 17.5 Å². The number of Topliss-reactive ketones (excluding diaryl/α,β-unsaturated/α-hetero) is 2. The average Bonchev–Trinajstić information content (AvgIpc) is 2.91. The van der Waals surface area contributed by atoms with E-state index in [2.05, 4.69) is 10.1 Å². The quantitative estimate of drug-likeness (QED) is 0.298. The second-order valence-electron chi connectivity index (χ2n) is 10.6. The Morgan fingerprint density at radius 1 is 1.07 bits per heavy atom. The number of ketones is 2. The molecule has 2 aromatic rings. The maximum absolute atomic E-state index is 13.9. The third kappa shape index (κ3) is 4.06. The van der Waals surface area contributed by atoms with Crippen molar-refractivity contribution in [1.29, 1.82) is 0 Å². The van der Waals surface area contributed by atoms with Gasteiger partial charge < -0.3 is 30.9 Å². The molecule has 0 radical (unpaired) electrons. The van der Waals surface area contributed by atoms with E-state index in [0.29, 0.717) is 22.4 Å². The zero-order valence-electron chi connectivity index (χ0n) is 22.5. The number of methoxy groups -OCH3 is 1. The molecule has 0 bridgehead atoms. The molecule has 4 unspecified atom stereocenters. The van der Waals surface area contributed by atoms with Crippen molar-refractivity contribution < 1.29 is 44.3 Å². The lowest BCUT2D eigenvalue weighted by atomic mass is 9.57. The van der Waals surface area contributed by atoms with Gasteiger partial charge in [-0.25, -0.2) is 4.79 Å². The highest BCUT2D eigenvalue weighted by Crippen LogP contribution is 2.53. The molecule has 7 N–H and O–H groups in total. The van der Waals surface area contributed by atoms with Crippen LogP contribution in [0, 0.1) is 11.8 Å². The summed E-state index contributed by atoms with van der Waals surface area (Å²) in [4.78, 5) is 52.3. The monoisotopic (exact) mass is 563 g/mol. The molecule has 0 aromatic heterocycles. The van der Waals surface area contributed by atoms with Crippen LogP contribution in [0.2, 0.25) is 0 Å². The summed E-state index contributed by atoms with van der Waals surface area (Å²) < 4.78 is 4.60. The molecule has 5 rings (SSSR count). The number of fused-ring (bicyclic) bond motifs is 3. The first-order valence-corrected chi connectivity index (χ1v) is 12.8. The Kier molecular flexibility index (Phi) is 6.63. The summed E-state index contributed by atoms with van der Waals surface area (Å²) in [6.07, 6.45) is -0.492. The first-order chi connectivity index (χ1) is 19.3. The minimum Gasteiger partial charge on any atom is -0.508 e. The van der Waals surface area contributed by atoms with Crippen LogP contribution in [0.4, 0.5) is 10.5 Å². The molecule has 1 fully saturated rings. The number of rotatable bonds is 4. The number of aliphatic hydroxyl groups excluding tert-OH is 2. The van der Waals surface area contributed by atoms with E-state index in [1.165, 1.54) is 18.1 Å². The van der Waals surface area contributed by atoms with Gasteiger partial charge in [-0.1, -0.05) is 18.2 Å². The van der Waals surface area contributed by atoms with Crippen LogP contribution >= 0.6 is 0 Å². The molecule has 3 aliphatic carbocycles. The van der Waals surface area contributed by atoms with Crippen LogP contribution in [-0.4, -0.2) is 81.7 Å². The van der Waals surface area contributed by atoms with E-state index in [4.69, 9.17) is 5.73 Å². The van der Waals surface area contributed by atoms with Crippen LogP contribution in [0.3, 0.4) is 0 Å². The second kappa shape index (κ2) is 9.75. The molecule has 0 heterocycles. The largest absolute Gasteiger partial charge is 0.508 e. The standard InChI is InChI=1S/C29H29N3O9/c1-32(2)22-17-11-13-10-16-15(12-4-6-14(7-5-12)31-28(39)41-3)8-9-18(33)20(16)23(34)19(13)25(36)29(17,40)26(37)21(24(22)35)27(30)38/h4-9,13,17,22,33-34,37,40H,10-11H2,1-3H3,(H2,30,38)(H,31,39). The van der Waals surface area contributed by atoms with Gasteiger partial charge in [0, 0.05) is 17.2 Å². The predicted molar refractivity (Wildman–Crippen MR) is 146 cm³/mol. The molecule has 41 heavy (non-hydrogen) atoms. The van der Waals surface area contributed by atoms with Gasteiger partial charge in [-0.2, -0.15) is 0 Å². The predicted octanol–water partition coefficient (Wildman–Crippen LogP) is 1.81. The number of anilines is 1. The number of likely N-dealkylation sites (N-methyl/N-ethyl adjacent to an activating group) is 1. The SMILES string of the molecule is COC(=O)Nc1ccc(-c2ccc(O)c3c2CC2CC4C(N(C)C)C(=O)C(C(N)=O)=C(O)C4(O)C(=O)C2=C3O)cc1. The lowest BCUT2D eigenvalue weighted by Gasteiger charge is -2.50. The highest BCUT2D eigenvalue weighted by atomic mass is 16.5. The van der Waals surface area contributed by atoms with Crippen molar-refractivity contribution in [3.05, 3.63) is 64.4 Å². The number of benzene rings is 2. The van der Waals surface area contributed by atoms with E-state index >= 15 is 0 Å². The third-order valence-corrected chi connectivity index (χ3v) is 8.23. The van der Waals surface area contributed by atoms with Gasteiger partial charge in [0.15, 0.2) is 11.4 Å². The number of phenolic OH excluding ortho intramolecular Hbond substituents is 1. The van der Waals surface area contributed by atoms with Gasteiger partial charge in [0.2, 0.25) is 5.78 Å². The second-order valence-corrected chi connectivity index (χ2v) is 10.6. The number of carbonyl (C=O) groups excluding carboxylic acids is 4. The van der Waals surface area contributed by atoms with Crippen molar-refractivity contribution in [3.63, 3.8) is 0 Å². The maximum atomic E-state index is 13.9. The summed E-state index contributed by atoms with van der Waals surface area (Å²) in [5, 5.41) is 47.4. The number of aliphatic hydroxyl groups is 3. The Bertz CT molecular complexity index is 1570. The summed E-state index contributed by atoms with van der Waals surface area (Å²) in [6.45, 7) is 0. The molecule has 2 amide bonds. The van der Waals surface area contributed by atoms with Crippen molar-refractivity contribution in [3.8, 4) is 16.9 Å². The van der Waals surface area contributed by atoms with Crippen molar-refractivity contribution in [2.24, 2.45) is 17.6 Å². The summed E-state index contributed by atoms with van der Waals surface area (Å²) >= 11 is 0. The lowest BCUT2D eigenvalue weighted by Crippen LogP contribution is -2.65. The number of primary amides is 1. The summed E-state index contributed by atoms with van der Waals surface area (Å²) in [6, 6.07) is 8.63. The molecular formula is C29H29N3O9. The molecule has 214 valence electrons. The van der Waals surface area contributed by atoms with Gasteiger partial charge >= 0.3 is 6.09 Å². The van der Waals surface area contributed by atoms with Crippen LogP contribution in [0.15, 0.2) is 53.3 Å². The Balaban J connectivity index is 1.65. The number of hydrogen-bond donors (Lipinski definition) is 6. The highest BCUT2D eigenvalue weighted by molar-refractivity contribution is 6.24. The molecule has 0 aliphatic heterocycles. The highest BCUT2D eigenvalue weighted by Gasteiger charge is 2.64. The molecule has 1 saturated carbocycles. The van der Waals surface area contributed by atoms with Crippen molar-refractivity contribution >= 4 is 35.0 Å². The Morgan fingerprint density at radius 2 is 1.73 bits per heavy atom. The number of nitrogens with zero attached hydrogens (tertiary/aromatic N) is 1. The van der Waals surface area contributed by atoms with Crippen molar-refractivity contribution in [1.82, 2.24) is 4.90 Å². The van der Waals surface area contributed by atoms with Crippen LogP contribution < -0.4 is 11.1 Å². The van der Waals surface area contributed by atoms with Gasteiger partial charge in [-0.3, -0.25) is 24.6 Å². The fourth-order valence-electron chi connectivity index (χ4n) is 6.42. The van der Waals surface area contributed by atoms with Crippen LogP contribution in [0.5, 0.6) is 5.75 Å². The number of aromatic hydroxyl groups is 1.